The van der Waals surface area contributed by atoms with Crippen molar-refractivity contribution in [3.63, 3.8) is 0 Å². The predicted molar refractivity (Wildman–Crippen MR) is 105 cm³/mol. The molecule has 2 aromatic rings. The van der Waals surface area contributed by atoms with Crippen LogP contribution in [-0.4, -0.2) is 36.9 Å². The number of nitrogens with one attached hydrogen (secondary N) is 2. The van der Waals surface area contributed by atoms with Crippen LogP contribution in [0.3, 0.4) is 0 Å². The Morgan fingerprint density at radius 2 is 1.77 bits per heavy atom. The summed E-state index contributed by atoms with van der Waals surface area (Å²) in [6.07, 6.45) is 0.162. The number of carbonyl (C=O) groups excluding carboxylic acids is 2. The van der Waals surface area contributed by atoms with Crippen molar-refractivity contribution in [3.8, 4) is 0 Å². The molecule has 0 fully saturated rings. The first-order valence-corrected chi connectivity index (χ1v) is 8.93. The zero-order chi connectivity index (χ0) is 19.1. The lowest BCUT2D eigenvalue weighted by Gasteiger charge is -2.17. The highest BCUT2D eigenvalue weighted by atomic mass is 79.9. The first-order chi connectivity index (χ1) is 12.3. The second-order valence-corrected chi connectivity index (χ2v) is 6.94. The van der Waals surface area contributed by atoms with Gasteiger partial charge < -0.3 is 10.6 Å². The van der Waals surface area contributed by atoms with Crippen molar-refractivity contribution in [2.75, 3.05) is 30.8 Å². The summed E-state index contributed by atoms with van der Waals surface area (Å²) in [4.78, 5) is 25.8. The van der Waals surface area contributed by atoms with E-state index in [9.17, 15) is 14.0 Å². The average molecular weight is 422 g/mol. The molecule has 0 spiro atoms. The molecule has 0 unspecified atom stereocenters. The maximum Gasteiger partial charge on any atom is 0.238 e. The first-order valence-electron chi connectivity index (χ1n) is 8.14. The Kier molecular flexibility index (Phi) is 7.29. The third-order valence-electron chi connectivity index (χ3n) is 3.74. The maximum absolute atomic E-state index is 13.5. The Balaban J connectivity index is 1.77. The molecule has 0 aliphatic heterocycles. The third kappa shape index (κ3) is 6.24. The number of halogens is 2. The highest BCUT2D eigenvalue weighted by molar-refractivity contribution is 9.10. The normalized spacial score (nSPS) is 10.7. The number of aryl methyl sites for hydroxylation is 1. The number of hydrogen-bond donors (Lipinski definition) is 2. The Labute approximate surface area is 160 Å². The van der Waals surface area contributed by atoms with Crippen molar-refractivity contribution >= 4 is 39.1 Å². The molecule has 0 aliphatic carbocycles. The van der Waals surface area contributed by atoms with Crippen LogP contribution in [0.4, 0.5) is 15.8 Å². The summed E-state index contributed by atoms with van der Waals surface area (Å²) in [5, 5.41) is 5.38. The second kappa shape index (κ2) is 9.45. The monoisotopic (exact) mass is 421 g/mol. The molecule has 138 valence electrons. The van der Waals surface area contributed by atoms with Gasteiger partial charge in [0.25, 0.3) is 0 Å². The van der Waals surface area contributed by atoms with Crippen LogP contribution in [-0.2, 0) is 9.59 Å². The van der Waals surface area contributed by atoms with Gasteiger partial charge in [-0.15, -0.1) is 0 Å². The van der Waals surface area contributed by atoms with Gasteiger partial charge in [-0.3, -0.25) is 14.5 Å². The van der Waals surface area contributed by atoms with Gasteiger partial charge in [0.1, 0.15) is 5.82 Å². The lowest BCUT2D eigenvalue weighted by atomic mass is 10.2. The van der Waals surface area contributed by atoms with Gasteiger partial charge in [0, 0.05) is 23.1 Å². The van der Waals surface area contributed by atoms with E-state index in [0.29, 0.717) is 6.54 Å². The molecule has 2 rings (SSSR count). The van der Waals surface area contributed by atoms with Gasteiger partial charge in [-0.2, -0.15) is 0 Å². The quantitative estimate of drug-likeness (QED) is 0.714. The van der Waals surface area contributed by atoms with E-state index in [-0.39, 0.29) is 30.5 Å². The number of likely N-dealkylation sites (N-methyl/N-ethyl adjacent to an activating group) is 1. The zero-order valence-electron chi connectivity index (χ0n) is 14.7. The van der Waals surface area contributed by atoms with Crippen molar-refractivity contribution in [1.29, 1.82) is 0 Å². The largest absolute Gasteiger partial charge is 0.325 e. The van der Waals surface area contributed by atoms with Crippen LogP contribution >= 0.6 is 15.9 Å². The summed E-state index contributed by atoms with van der Waals surface area (Å²) in [6, 6.07) is 11.6. The van der Waals surface area contributed by atoms with Crippen molar-refractivity contribution in [1.82, 2.24) is 4.90 Å². The molecule has 0 radical (unpaired) electrons. The van der Waals surface area contributed by atoms with E-state index >= 15 is 0 Å². The molecule has 2 N–H and O–H groups in total. The summed E-state index contributed by atoms with van der Waals surface area (Å²) in [5.41, 5.74) is 1.87. The molecule has 2 aromatic carbocycles. The van der Waals surface area contributed by atoms with Gasteiger partial charge in [0.15, 0.2) is 0 Å². The molecular formula is C19H21BrFN3O2. The minimum Gasteiger partial charge on any atom is -0.325 e. The van der Waals surface area contributed by atoms with Gasteiger partial charge in [-0.1, -0.05) is 28.1 Å². The van der Waals surface area contributed by atoms with Gasteiger partial charge in [-0.05, 0) is 49.9 Å². The number of benzene rings is 2. The minimum absolute atomic E-state index is 0.155. The highest BCUT2D eigenvalue weighted by Crippen LogP contribution is 2.20. The van der Waals surface area contributed by atoms with Crippen LogP contribution in [0.5, 0.6) is 0 Å². The fourth-order valence-electron chi connectivity index (χ4n) is 2.35. The lowest BCUT2D eigenvalue weighted by molar-refractivity contribution is -0.119. The Bertz CT molecular complexity index is 798. The van der Waals surface area contributed by atoms with Crippen LogP contribution in [0.25, 0.3) is 0 Å². The molecule has 26 heavy (non-hydrogen) atoms. The average Bonchev–Trinajstić information content (AvgIpc) is 2.58. The lowest BCUT2D eigenvalue weighted by Crippen LogP contribution is -2.32. The summed E-state index contributed by atoms with van der Waals surface area (Å²) in [5.74, 6) is -0.933. The third-order valence-corrected chi connectivity index (χ3v) is 4.24. The summed E-state index contributed by atoms with van der Waals surface area (Å²) >= 11 is 3.38. The minimum atomic E-state index is -0.474. The Hall–Kier alpha value is -2.25. The number of anilines is 2. The summed E-state index contributed by atoms with van der Waals surface area (Å²) < 4.78 is 14.5. The second-order valence-electron chi connectivity index (χ2n) is 6.02. The number of rotatable bonds is 7. The number of carbonyl (C=O) groups is 2. The molecular weight excluding hydrogens is 401 g/mol. The van der Waals surface area contributed by atoms with E-state index in [4.69, 9.17) is 0 Å². The van der Waals surface area contributed by atoms with E-state index < -0.39 is 5.82 Å². The van der Waals surface area contributed by atoms with Crippen LogP contribution in [0.2, 0.25) is 0 Å². The predicted octanol–water partition coefficient (Wildman–Crippen LogP) is 3.80. The first kappa shape index (κ1) is 20.1. The molecule has 2 amide bonds. The summed E-state index contributed by atoms with van der Waals surface area (Å²) in [6.45, 7) is 2.45. The van der Waals surface area contributed by atoms with E-state index in [0.717, 1.165) is 15.7 Å². The fourth-order valence-corrected chi connectivity index (χ4v) is 2.82. The maximum atomic E-state index is 13.5. The fraction of sp³-hybridized carbons (Fsp3) is 0.263. The van der Waals surface area contributed by atoms with E-state index in [1.807, 2.05) is 25.1 Å². The molecule has 0 saturated heterocycles. The van der Waals surface area contributed by atoms with Gasteiger partial charge in [0.2, 0.25) is 11.8 Å². The van der Waals surface area contributed by atoms with Crippen molar-refractivity contribution in [2.45, 2.75) is 13.3 Å². The standard InChI is InChI=1S/C19H21BrFN3O2/c1-13-11-14(20)7-8-16(13)22-19(26)12-24(2)10-9-18(25)23-17-6-4-3-5-15(17)21/h3-8,11H,9-10,12H2,1-2H3,(H,22,26)(H,23,25). The molecule has 7 heteroatoms. The number of nitrogens with zero attached hydrogens (tertiary/aromatic N) is 1. The SMILES string of the molecule is Cc1cc(Br)ccc1NC(=O)CN(C)CCC(=O)Nc1ccccc1F. The van der Waals surface area contributed by atoms with E-state index in [2.05, 4.69) is 26.6 Å². The highest BCUT2D eigenvalue weighted by Gasteiger charge is 2.11. The van der Waals surface area contributed by atoms with E-state index in [1.165, 1.54) is 12.1 Å². The van der Waals surface area contributed by atoms with Crippen molar-refractivity contribution in [3.05, 3.63) is 58.3 Å². The molecule has 0 aliphatic rings. The van der Waals surface area contributed by atoms with Crippen LogP contribution in [0.15, 0.2) is 46.9 Å². The Morgan fingerprint density at radius 1 is 1.08 bits per heavy atom. The van der Waals surface area contributed by atoms with E-state index in [1.54, 1.807) is 24.1 Å². The smallest absolute Gasteiger partial charge is 0.238 e. The van der Waals surface area contributed by atoms with Crippen LogP contribution < -0.4 is 10.6 Å². The van der Waals surface area contributed by atoms with Crippen LogP contribution in [0, 0.1) is 12.7 Å². The molecule has 0 aromatic heterocycles. The summed E-state index contributed by atoms with van der Waals surface area (Å²) in [7, 11) is 1.75. The van der Waals surface area contributed by atoms with Gasteiger partial charge in [-0.25, -0.2) is 4.39 Å². The molecule has 5 nitrogen and oxygen atoms in total. The zero-order valence-corrected chi connectivity index (χ0v) is 16.3. The molecule has 0 heterocycles. The molecule has 0 atom stereocenters. The van der Waals surface area contributed by atoms with Crippen LogP contribution in [0.1, 0.15) is 12.0 Å². The number of hydrogen-bond acceptors (Lipinski definition) is 3. The van der Waals surface area contributed by atoms with Crippen molar-refractivity contribution < 1.29 is 14.0 Å². The topological polar surface area (TPSA) is 61.4 Å². The van der Waals surface area contributed by atoms with Gasteiger partial charge in [0.05, 0.1) is 12.2 Å². The number of para-hydroxylation sites is 1. The Morgan fingerprint density at radius 3 is 2.46 bits per heavy atom. The number of amides is 2. The molecule has 0 bridgehead atoms. The van der Waals surface area contributed by atoms with Gasteiger partial charge >= 0.3 is 0 Å². The van der Waals surface area contributed by atoms with Crippen molar-refractivity contribution in [2.24, 2.45) is 0 Å². The molecule has 0 saturated carbocycles.